The molecule has 6 nitrogen and oxygen atoms in total. The fourth-order valence-electron chi connectivity index (χ4n) is 3.20. The van der Waals surface area contributed by atoms with Crippen LogP contribution in [0.2, 0.25) is 0 Å². The highest BCUT2D eigenvalue weighted by Crippen LogP contribution is 2.24. The summed E-state index contributed by atoms with van der Waals surface area (Å²) >= 11 is 5.06. The van der Waals surface area contributed by atoms with Gasteiger partial charge in [0.25, 0.3) is 11.8 Å². The number of thiocarbonyl (C=S) groups is 1. The molecule has 0 aliphatic carbocycles. The van der Waals surface area contributed by atoms with Gasteiger partial charge >= 0.3 is 0 Å². The lowest BCUT2D eigenvalue weighted by Gasteiger charge is -2.27. The number of benzene rings is 2. The molecule has 1 N–H and O–H groups in total. The third kappa shape index (κ3) is 4.95. The van der Waals surface area contributed by atoms with E-state index in [2.05, 4.69) is 11.9 Å². The van der Waals surface area contributed by atoms with Crippen molar-refractivity contribution in [3.63, 3.8) is 0 Å². The zero-order valence-electron chi connectivity index (χ0n) is 17.3. The monoisotopic (exact) mass is 434 g/mol. The maximum atomic E-state index is 12.7. The summed E-state index contributed by atoms with van der Waals surface area (Å²) in [5.74, 6) is -0.571. The van der Waals surface area contributed by atoms with E-state index in [9.17, 15) is 14.4 Å². The summed E-state index contributed by atoms with van der Waals surface area (Å²) in [5, 5.41) is 2.56. The molecule has 0 spiro atoms. The van der Waals surface area contributed by atoms with Gasteiger partial charge in [0.2, 0.25) is 0 Å². The molecule has 1 heterocycles. The molecule has 2 aromatic carbocycles. The first kappa shape index (κ1) is 22.1. The van der Waals surface area contributed by atoms with Gasteiger partial charge in [0, 0.05) is 24.1 Å². The molecular weight excluding hydrogens is 412 g/mol. The minimum Gasteiger partial charge on any atom is -0.496 e. The summed E-state index contributed by atoms with van der Waals surface area (Å²) in [4.78, 5) is 39.1. The molecule has 158 valence electrons. The predicted molar refractivity (Wildman–Crippen MR) is 123 cm³/mol. The Kier molecular flexibility index (Phi) is 6.77. The van der Waals surface area contributed by atoms with Crippen molar-refractivity contribution < 1.29 is 19.1 Å². The molecule has 2 aromatic rings. The lowest BCUT2D eigenvalue weighted by molar-refractivity contribution is -0.128. The molecule has 3 rings (SSSR count). The van der Waals surface area contributed by atoms with Gasteiger partial charge < -0.3 is 4.74 Å². The maximum Gasteiger partial charge on any atom is 0.265 e. The molecule has 0 unspecified atom stereocenters. The van der Waals surface area contributed by atoms with Gasteiger partial charge in [-0.2, -0.15) is 0 Å². The van der Waals surface area contributed by atoms with Crippen molar-refractivity contribution in [1.29, 1.82) is 0 Å². The molecule has 2 amide bonds. The van der Waals surface area contributed by atoms with Gasteiger partial charge in [-0.15, -0.1) is 6.58 Å². The van der Waals surface area contributed by atoms with Crippen molar-refractivity contribution >= 4 is 41.0 Å². The Bertz CT molecular complexity index is 1100. The number of hydrogen-bond donors (Lipinski definition) is 1. The number of rotatable bonds is 7. The van der Waals surface area contributed by atoms with Gasteiger partial charge in [0.1, 0.15) is 11.3 Å². The number of ether oxygens (including phenoxy) is 1. The average Bonchev–Trinajstić information content (AvgIpc) is 2.74. The number of ketones is 1. The number of carbonyl (C=O) groups is 3. The standard InChI is InChI=1S/C24H22N2O4S/c1-4-11-26-23(29)19(22(28)25-24(26)31)13-16-7-10-21(30-3)18(12-16)14-20(27)17-8-5-15(2)6-9-17/h4-10,12-13H,1,11,14H2,2-3H3,(H,25,28,31). The topological polar surface area (TPSA) is 75.7 Å². The van der Waals surface area contributed by atoms with Crippen molar-refractivity contribution in [3.8, 4) is 5.75 Å². The molecular formula is C24H22N2O4S. The summed E-state index contributed by atoms with van der Waals surface area (Å²) in [7, 11) is 1.53. The second kappa shape index (κ2) is 9.49. The molecule has 0 aromatic heterocycles. The van der Waals surface area contributed by atoms with Gasteiger partial charge in [-0.25, -0.2) is 0 Å². The summed E-state index contributed by atoms with van der Waals surface area (Å²) in [6.07, 6.45) is 3.13. The number of nitrogens with zero attached hydrogens (tertiary/aromatic N) is 1. The van der Waals surface area contributed by atoms with E-state index in [4.69, 9.17) is 17.0 Å². The van der Waals surface area contributed by atoms with Gasteiger partial charge in [-0.05, 0) is 42.9 Å². The van der Waals surface area contributed by atoms with Crippen molar-refractivity contribution in [2.45, 2.75) is 13.3 Å². The molecule has 31 heavy (non-hydrogen) atoms. The molecule has 1 saturated heterocycles. The van der Waals surface area contributed by atoms with Crippen LogP contribution in [0.1, 0.15) is 27.0 Å². The predicted octanol–water partition coefficient (Wildman–Crippen LogP) is 3.24. The third-order valence-corrected chi connectivity index (χ3v) is 5.16. The number of aryl methyl sites for hydroxylation is 1. The Morgan fingerprint density at radius 1 is 1.19 bits per heavy atom. The first-order chi connectivity index (χ1) is 14.8. The Balaban J connectivity index is 1.92. The van der Waals surface area contributed by atoms with Crippen LogP contribution in [-0.4, -0.2) is 41.3 Å². The second-order valence-electron chi connectivity index (χ2n) is 7.06. The van der Waals surface area contributed by atoms with E-state index < -0.39 is 11.8 Å². The number of methoxy groups -OCH3 is 1. The third-order valence-electron chi connectivity index (χ3n) is 4.84. The van der Waals surface area contributed by atoms with Crippen LogP contribution < -0.4 is 10.1 Å². The van der Waals surface area contributed by atoms with Gasteiger partial charge in [0.15, 0.2) is 10.9 Å². The van der Waals surface area contributed by atoms with Crippen LogP contribution in [0.25, 0.3) is 6.08 Å². The molecule has 0 bridgehead atoms. The second-order valence-corrected chi connectivity index (χ2v) is 7.45. The Morgan fingerprint density at radius 3 is 2.55 bits per heavy atom. The number of carbonyl (C=O) groups excluding carboxylic acids is 3. The number of nitrogens with one attached hydrogen (secondary N) is 1. The normalized spacial score (nSPS) is 15.1. The highest BCUT2D eigenvalue weighted by atomic mass is 32.1. The molecule has 0 radical (unpaired) electrons. The molecule has 7 heteroatoms. The van der Waals surface area contributed by atoms with Crippen molar-refractivity contribution in [2.75, 3.05) is 13.7 Å². The summed E-state index contributed by atoms with van der Waals surface area (Å²) in [6, 6.07) is 12.5. The fourth-order valence-corrected chi connectivity index (χ4v) is 3.45. The summed E-state index contributed by atoms with van der Waals surface area (Å²) < 4.78 is 5.40. The minimum absolute atomic E-state index is 0.0450. The number of Topliss-reactive ketones (excluding diaryl/α,β-unsaturated/α-hetero) is 1. The van der Waals surface area contributed by atoms with Gasteiger partial charge in [0.05, 0.1) is 7.11 Å². The van der Waals surface area contributed by atoms with Crippen molar-refractivity contribution in [3.05, 3.63) is 82.9 Å². The van der Waals surface area contributed by atoms with Gasteiger partial charge in [-0.3, -0.25) is 24.6 Å². The summed E-state index contributed by atoms with van der Waals surface area (Å²) in [6.45, 7) is 5.76. The number of hydrogen-bond acceptors (Lipinski definition) is 5. The highest BCUT2D eigenvalue weighted by Gasteiger charge is 2.32. The molecule has 0 atom stereocenters. The lowest BCUT2D eigenvalue weighted by Crippen LogP contribution is -2.53. The van der Waals surface area contributed by atoms with E-state index in [1.54, 1.807) is 30.3 Å². The first-order valence-electron chi connectivity index (χ1n) is 9.60. The SMILES string of the molecule is C=CCN1C(=O)C(=Cc2ccc(OC)c(CC(=O)c3ccc(C)cc3)c2)C(=O)NC1=S. The van der Waals surface area contributed by atoms with Crippen LogP contribution in [0.15, 0.2) is 60.7 Å². The van der Waals surface area contributed by atoms with Crippen molar-refractivity contribution in [2.24, 2.45) is 0 Å². The van der Waals surface area contributed by atoms with Gasteiger partial charge in [-0.1, -0.05) is 42.0 Å². The van der Waals surface area contributed by atoms with Crippen LogP contribution in [0.5, 0.6) is 5.75 Å². The molecule has 1 fully saturated rings. The van der Waals surface area contributed by atoms with E-state index in [-0.39, 0.29) is 29.4 Å². The molecule has 0 saturated carbocycles. The molecule has 1 aliphatic heterocycles. The summed E-state index contributed by atoms with van der Waals surface area (Å²) in [5.41, 5.74) is 2.88. The highest BCUT2D eigenvalue weighted by molar-refractivity contribution is 7.80. The zero-order chi connectivity index (χ0) is 22.5. The maximum absolute atomic E-state index is 12.7. The minimum atomic E-state index is -0.566. The van der Waals surface area contributed by atoms with Crippen LogP contribution in [0.4, 0.5) is 0 Å². The van der Waals surface area contributed by atoms with E-state index in [0.717, 1.165) is 5.56 Å². The van der Waals surface area contributed by atoms with Crippen LogP contribution in [0, 0.1) is 6.92 Å². The van der Waals surface area contributed by atoms with Crippen LogP contribution >= 0.6 is 12.2 Å². The quantitative estimate of drug-likeness (QED) is 0.238. The fraction of sp³-hybridized carbons (Fsp3) is 0.167. The van der Waals surface area contributed by atoms with E-state index >= 15 is 0 Å². The smallest absolute Gasteiger partial charge is 0.265 e. The van der Waals surface area contributed by atoms with Crippen molar-refractivity contribution in [1.82, 2.24) is 10.2 Å². The largest absolute Gasteiger partial charge is 0.496 e. The Morgan fingerprint density at radius 2 is 1.90 bits per heavy atom. The van der Waals surface area contributed by atoms with E-state index in [1.165, 1.54) is 24.2 Å². The van der Waals surface area contributed by atoms with E-state index in [0.29, 0.717) is 22.4 Å². The Labute approximate surface area is 186 Å². The Hall–Kier alpha value is -3.58. The first-order valence-corrected chi connectivity index (χ1v) is 10.0. The average molecular weight is 435 g/mol. The zero-order valence-corrected chi connectivity index (χ0v) is 18.1. The number of amides is 2. The van der Waals surface area contributed by atoms with Crippen LogP contribution in [0.3, 0.4) is 0 Å². The van der Waals surface area contributed by atoms with Crippen LogP contribution in [-0.2, 0) is 16.0 Å². The molecule has 1 aliphatic rings. The van der Waals surface area contributed by atoms with E-state index in [1.807, 2.05) is 19.1 Å². The lowest BCUT2D eigenvalue weighted by atomic mass is 9.98.